The van der Waals surface area contributed by atoms with Crippen LogP contribution in [0.5, 0.6) is 5.75 Å². The summed E-state index contributed by atoms with van der Waals surface area (Å²) in [6.45, 7) is 10.7. The van der Waals surface area contributed by atoms with E-state index in [0.29, 0.717) is 28.2 Å². The third-order valence-corrected chi connectivity index (χ3v) is 6.34. The molecule has 9 heteroatoms. The molecular weight excluding hydrogens is 499 g/mol. The van der Waals surface area contributed by atoms with Gasteiger partial charge in [-0.1, -0.05) is 6.58 Å². The van der Waals surface area contributed by atoms with Crippen LogP contribution in [-0.2, 0) is 14.3 Å². The number of methoxy groups -OCH3 is 1. The van der Waals surface area contributed by atoms with E-state index in [0.717, 1.165) is 16.5 Å². The van der Waals surface area contributed by atoms with Gasteiger partial charge < -0.3 is 14.4 Å². The van der Waals surface area contributed by atoms with Crippen LogP contribution in [0.3, 0.4) is 0 Å². The molecule has 0 radical (unpaired) electrons. The first-order valence-electron chi connectivity index (χ1n) is 12.4. The Labute approximate surface area is 226 Å². The van der Waals surface area contributed by atoms with E-state index in [1.807, 2.05) is 18.2 Å². The number of hydrogen-bond acceptors (Lipinski definition) is 6. The fraction of sp³-hybridized carbons (Fsp3) is 0.267. The average Bonchev–Trinajstić information content (AvgIpc) is 3.30. The van der Waals surface area contributed by atoms with Gasteiger partial charge in [0.05, 0.1) is 12.5 Å². The lowest BCUT2D eigenvalue weighted by atomic mass is 9.97. The minimum atomic E-state index is -0.681. The van der Waals surface area contributed by atoms with Gasteiger partial charge in [-0.05, 0) is 69.2 Å². The van der Waals surface area contributed by atoms with E-state index in [-0.39, 0.29) is 11.9 Å². The fourth-order valence-corrected chi connectivity index (χ4v) is 4.08. The van der Waals surface area contributed by atoms with Gasteiger partial charge in [0, 0.05) is 60.0 Å². The molecule has 1 amide bonds. The van der Waals surface area contributed by atoms with Gasteiger partial charge in [0.1, 0.15) is 11.4 Å². The number of halogens is 1. The van der Waals surface area contributed by atoms with Crippen molar-refractivity contribution in [2.24, 2.45) is 5.41 Å². The van der Waals surface area contributed by atoms with Gasteiger partial charge in [-0.15, -0.1) is 0 Å². The maximum atomic E-state index is 14.1. The number of carbonyl (C=O) groups is 2. The molecule has 0 spiro atoms. The minimum absolute atomic E-state index is 0.263. The molecule has 8 nitrogen and oxygen atoms in total. The van der Waals surface area contributed by atoms with E-state index in [1.54, 1.807) is 70.9 Å². The highest BCUT2D eigenvalue weighted by molar-refractivity contribution is 6.01. The first kappa shape index (κ1) is 27.5. The monoisotopic (exact) mass is 530 g/mol. The van der Waals surface area contributed by atoms with Gasteiger partial charge in [-0.3, -0.25) is 14.2 Å². The predicted molar refractivity (Wildman–Crippen MR) is 149 cm³/mol. The second-order valence-corrected chi connectivity index (χ2v) is 10.2. The van der Waals surface area contributed by atoms with E-state index in [2.05, 4.69) is 11.6 Å². The Hall–Kier alpha value is -4.53. The number of ether oxygens (including phenoxy) is 2. The topological polar surface area (TPSA) is 86.6 Å². The highest BCUT2D eigenvalue weighted by atomic mass is 19.1. The molecule has 0 aliphatic heterocycles. The third kappa shape index (κ3) is 5.67. The summed E-state index contributed by atoms with van der Waals surface area (Å²) >= 11 is 0. The molecule has 1 aromatic carbocycles. The number of likely N-dealkylation sites (N-methyl/N-ethyl adjacent to an activating group) is 1. The normalized spacial score (nSPS) is 12.2. The van der Waals surface area contributed by atoms with Gasteiger partial charge in [0.25, 0.3) is 0 Å². The zero-order valence-electron chi connectivity index (χ0n) is 22.9. The molecule has 0 bridgehead atoms. The Bertz CT molecular complexity index is 1570. The van der Waals surface area contributed by atoms with Crippen molar-refractivity contribution >= 4 is 28.6 Å². The Morgan fingerprint density at radius 3 is 2.49 bits per heavy atom. The molecule has 202 valence electrons. The smallest absolute Gasteiger partial charge is 0.313 e. The molecule has 0 saturated carbocycles. The molecule has 0 fully saturated rings. The number of amides is 1. The van der Waals surface area contributed by atoms with Crippen LogP contribution in [0.25, 0.3) is 33.3 Å². The van der Waals surface area contributed by atoms with Crippen molar-refractivity contribution in [1.82, 2.24) is 14.5 Å². The molecule has 0 aliphatic carbocycles. The van der Waals surface area contributed by atoms with Crippen molar-refractivity contribution in [1.29, 1.82) is 0 Å². The second kappa shape index (κ2) is 10.7. The van der Waals surface area contributed by atoms with Crippen molar-refractivity contribution in [2.45, 2.75) is 33.9 Å². The van der Waals surface area contributed by atoms with Gasteiger partial charge >= 0.3 is 5.97 Å². The quantitative estimate of drug-likeness (QED) is 0.161. The summed E-state index contributed by atoms with van der Waals surface area (Å²) in [7, 11) is 3.20. The van der Waals surface area contributed by atoms with Crippen LogP contribution in [0.1, 0.15) is 33.9 Å². The summed E-state index contributed by atoms with van der Waals surface area (Å²) in [4.78, 5) is 34.7. The number of rotatable bonds is 7. The van der Waals surface area contributed by atoms with Gasteiger partial charge in [0.15, 0.2) is 6.23 Å². The highest BCUT2D eigenvalue weighted by Crippen LogP contribution is 2.37. The van der Waals surface area contributed by atoms with Crippen LogP contribution in [-0.4, -0.2) is 40.6 Å². The molecule has 1 unspecified atom stereocenters. The summed E-state index contributed by atoms with van der Waals surface area (Å²) in [5.41, 5.74) is 3.29. The van der Waals surface area contributed by atoms with Crippen LogP contribution in [0.15, 0.2) is 67.6 Å². The zero-order valence-corrected chi connectivity index (χ0v) is 22.9. The lowest BCUT2D eigenvalue weighted by Crippen LogP contribution is -2.26. The van der Waals surface area contributed by atoms with Crippen molar-refractivity contribution < 1.29 is 23.5 Å². The van der Waals surface area contributed by atoms with Crippen LogP contribution in [0, 0.1) is 11.4 Å². The van der Waals surface area contributed by atoms with Crippen molar-refractivity contribution in [2.75, 3.05) is 19.1 Å². The molecule has 4 aromatic rings. The van der Waals surface area contributed by atoms with Gasteiger partial charge in [-0.2, -0.15) is 4.39 Å². The standard InChI is InChI=1S/C30H31FN4O4/c1-8-27(36)34(6)22-11-20(12-23(15-22)38-7)21-13-24-25(19-9-10-32-26(31)14-19)17-35(28(24)33-16-21)18(2)39-29(37)30(3,4)5/h8-18H,1H2,2-7H3. The van der Waals surface area contributed by atoms with Gasteiger partial charge in [0.2, 0.25) is 11.9 Å². The lowest BCUT2D eigenvalue weighted by Gasteiger charge is -2.22. The first-order valence-corrected chi connectivity index (χ1v) is 12.4. The summed E-state index contributed by atoms with van der Waals surface area (Å²) in [5, 5.41) is 0.719. The van der Waals surface area contributed by atoms with Crippen LogP contribution in [0.2, 0.25) is 0 Å². The maximum absolute atomic E-state index is 14.1. The molecule has 4 rings (SSSR count). The fourth-order valence-electron chi connectivity index (χ4n) is 4.08. The SMILES string of the molecule is C=CC(=O)N(C)c1cc(OC)cc(-c2cnc3c(c2)c(-c2ccnc(F)c2)cn3C(C)OC(=O)C(C)(C)C)c1. The zero-order chi connectivity index (χ0) is 28.5. The number of benzene rings is 1. The summed E-state index contributed by atoms with van der Waals surface area (Å²) < 4.78 is 27.1. The predicted octanol–water partition coefficient (Wildman–Crippen LogP) is 6.17. The lowest BCUT2D eigenvalue weighted by molar-refractivity contribution is -0.162. The minimum Gasteiger partial charge on any atom is -0.497 e. The number of hydrogen-bond donors (Lipinski definition) is 0. The number of esters is 1. The molecule has 39 heavy (non-hydrogen) atoms. The summed E-state index contributed by atoms with van der Waals surface area (Å²) in [6, 6.07) is 10.4. The number of fused-ring (bicyclic) bond motifs is 1. The molecule has 0 N–H and O–H groups in total. The maximum Gasteiger partial charge on any atom is 0.313 e. The Kier molecular flexibility index (Phi) is 7.53. The van der Waals surface area contributed by atoms with Crippen molar-refractivity contribution in [3.8, 4) is 28.0 Å². The molecular formula is C30H31FN4O4. The number of anilines is 1. The van der Waals surface area contributed by atoms with Gasteiger partial charge in [-0.25, -0.2) is 9.97 Å². The van der Waals surface area contributed by atoms with Crippen LogP contribution in [0.4, 0.5) is 10.1 Å². The van der Waals surface area contributed by atoms with E-state index >= 15 is 0 Å². The Morgan fingerprint density at radius 2 is 1.85 bits per heavy atom. The second-order valence-electron chi connectivity index (χ2n) is 10.2. The largest absolute Gasteiger partial charge is 0.497 e. The average molecular weight is 531 g/mol. The van der Waals surface area contributed by atoms with E-state index in [9.17, 15) is 14.0 Å². The molecule has 0 aliphatic rings. The third-order valence-electron chi connectivity index (χ3n) is 6.34. The van der Waals surface area contributed by atoms with Crippen molar-refractivity contribution in [3.05, 3.63) is 73.6 Å². The molecule has 3 aromatic heterocycles. The molecule has 3 heterocycles. The highest BCUT2D eigenvalue weighted by Gasteiger charge is 2.27. The van der Waals surface area contributed by atoms with Crippen molar-refractivity contribution in [3.63, 3.8) is 0 Å². The number of carbonyl (C=O) groups excluding carboxylic acids is 2. The number of aromatic nitrogens is 3. The molecule has 1 atom stereocenters. The summed E-state index contributed by atoms with van der Waals surface area (Å²) in [5.74, 6) is -0.673. The number of pyridine rings is 2. The van der Waals surface area contributed by atoms with E-state index in [4.69, 9.17) is 14.5 Å². The van der Waals surface area contributed by atoms with E-state index in [1.165, 1.54) is 23.2 Å². The first-order chi connectivity index (χ1) is 18.4. The van der Waals surface area contributed by atoms with Crippen LogP contribution < -0.4 is 9.64 Å². The summed E-state index contributed by atoms with van der Waals surface area (Å²) in [6.07, 6.45) is 5.46. The van der Waals surface area contributed by atoms with E-state index < -0.39 is 17.6 Å². The number of nitrogens with zero attached hydrogens (tertiary/aromatic N) is 4. The Morgan fingerprint density at radius 1 is 1.10 bits per heavy atom. The Balaban J connectivity index is 1.89. The molecule has 0 saturated heterocycles. The van der Waals surface area contributed by atoms with Crippen LogP contribution >= 0.6 is 0 Å².